The van der Waals surface area contributed by atoms with Crippen LogP contribution in [0.25, 0.3) is 0 Å². The zero-order valence-electron chi connectivity index (χ0n) is 22.3. The third-order valence-corrected chi connectivity index (χ3v) is 11.1. The summed E-state index contributed by atoms with van der Waals surface area (Å²) in [5, 5.41) is 11.1. The molecular formula is C28H40O7. The molecule has 3 fully saturated rings. The number of esters is 2. The number of aliphatic hydroxyl groups is 1. The summed E-state index contributed by atoms with van der Waals surface area (Å²) < 4.78 is 11.1. The molecule has 4 aliphatic carbocycles. The van der Waals surface area contributed by atoms with E-state index in [1.54, 1.807) is 13.8 Å². The predicted octanol–water partition coefficient (Wildman–Crippen LogP) is 3.66. The summed E-state index contributed by atoms with van der Waals surface area (Å²) in [7, 11) is 1.28. The highest BCUT2D eigenvalue weighted by Gasteiger charge is 2.82. The number of hydrogen-bond donors (Lipinski definition) is 1. The molecule has 0 radical (unpaired) electrons. The van der Waals surface area contributed by atoms with Crippen LogP contribution in [-0.4, -0.2) is 48.4 Å². The van der Waals surface area contributed by atoms with Crippen molar-refractivity contribution in [2.75, 3.05) is 13.7 Å². The van der Waals surface area contributed by atoms with Gasteiger partial charge in [-0.25, -0.2) is 0 Å². The second kappa shape index (κ2) is 7.74. The van der Waals surface area contributed by atoms with Crippen molar-refractivity contribution in [3.63, 3.8) is 0 Å². The predicted molar refractivity (Wildman–Crippen MR) is 128 cm³/mol. The van der Waals surface area contributed by atoms with E-state index in [0.717, 1.165) is 0 Å². The maximum absolute atomic E-state index is 14.1. The Balaban J connectivity index is 1.98. The number of carbonyl (C=O) groups excluding carboxylic acids is 4. The molecule has 0 heterocycles. The molecule has 7 heteroatoms. The molecule has 8 atom stereocenters. The van der Waals surface area contributed by atoms with E-state index in [2.05, 4.69) is 19.9 Å². The first-order valence-electron chi connectivity index (χ1n) is 12.8. The van der Waals surface area contributed by atoms with Gasteiger partial charge >= 0.3 is 11.9 Å². The molecule has 0 aromatic carbocycles. The first-order chi connectivity index (χ1) is 16.1. The Kier molecular flexibility index (Phi) is 5.76. The van der Waals surface area contributed by atoms with Crippen molar-refractivity contribution in [1.82, 2.24) is 0 Å². The SMILES string of the molecule is COC(=O)[C@@]12C(=O)C(C)C(=O)[C@]1(C)C(C)=C[C@H]1[C@]3(CO)CC[C@H](OC(C)=O)C(C)(C)[C@H]3CC[C@@]12C. The lowest BCUT2D eigenvalue weighted by atomic mass is 9.33. The van der Waals surface area contributed by atoms with Crippen LogP contribution in [0.2, 0.25) is 0 Å². The zero-order chi connectivity index (χ0) is 26.4. The lowest BCUT2D eigenvalue weighted by Crippen LogP contribution is -2.70. The number of aliphatic hydroxyl groups excluding tert-OH is 1. The fourth-order valence-corrected chi connectivity index (χ4v) is 9.40. The minimum atomic E-state index is -1.65. The molecule has 0 aliphatic heterocycles. The quantitative estimate of drug-likeness (QED) is 0.367. The van der Waals surface area contributed by atoms with E-state index in [9.17, 15) is 24.3 Å². The number of rotatable bonds is 3. The Morgan fingerprint density at radius 3 is 2.26 bits per heavy atom. The smallest absolute Gasteiger partial charge is 0.321 e. The molecule has 0 spiro atoms. The Labute approximate surface area is 208 Å². The lowest BCUT2D eigenvalue weighted by molar-refractivity contribution is -0.229. The van der Waals surface area contributed by atoms with Crippen molar-refractivity contribution in [1.29, 1.82) is 0 Å². The summed E-state index contributed by atoms with van der Waals surface area (Å²) in [5.74, 6) is -2.82. The van der Waals surface area contributed by atoms with Crippen molar-refractivity contribution in [2.24, 2.45) is 44.8 Å². The van der Waals surface area contributed by atoms with E-state index in [4.69, 9.17) is 9.47 Å². The average Bonchev–Trinajstić information content (AvgIpc) is 2.95. The average molecular weight is 489 g/mol. The van der Waals surface area contributed by atoms with Gasteiger partial charge in [-0.3, -0.25) is 19.2 Å². The first kappa shape index (κ1) is 26.1. The molecule has 0 bridgehead atoms. The van der Waals surface area contributed by atoms with Crippen molar-refractivity contribution >= 4 is 23.5 Å². The van der Waals surface area contributed by atoms with Gasteiger partial charge in [0.25, 0.3) is 0 Å². The molecule has 0 amide bonds. The van der Waals surface area contributed by atoms with E-state index >= 15 is 0 Å². The molecule has 0 aromatic heterocycles. The number of Topliss-reactive ketones (excluding diaryl/α,β-unsaturated/α-hetero) is 2. The van der Waals surface area contributed by atoms with Gasteiger partial charge in [0, 0.05) is 24.4 Å². The molecule has 7 nitrogen and oxygen atoms in total. The summed E-state index contributed by atoms with van der Waals surface area (Å²) >= 11 is 0. The molecular weight excluding hydrogens is 448 g/mol. The van der Waals surface area contributed by atoms with Gasteiger partial charge in [0.2, 0.25) is 0 Å². The number of fused-ring (bicyclic) bond motifs is 5. The van der Waals surface area contributed by atoms with E-state index in [0.29, 0.717) is 31.3 Å². The molecule has 1 unspecified atom stereocenters. The normalized spacial score (nSPS) is 46.1. The van der Waals surface area contributed by atoms with Crippen LogP contribution in [-0.2, 0) is 28.7 Å². The van der Waals surface area contributed by atoms with E-state index in [-0.39, 0.29) is 42.1 Å². The zero-order valence-corrected chi connectivity index (χ0v) is 22.3. The summed E-state index contributed by atoms with van der Waals surface area (Å²) in [4.78, 5) is 53.3. The third-order valence-electron chi connectivity index (χ3n) is 11.1. The monoisotopic (exact) mass is 488 g/mol. The molecule has 4 aliphatic rings. The van der Waals surface area contributed by atoms with E-state index in [1.807, 2.05) is 13.8 Å². The van der Waals surface area contributed by atoms with Crippen LogP contribution in [0.5, 0.6) is 0 Å². The van der Waals surface area contributed by atoms with Crippen molar-refractivity contribution in [3.05, 3.63) is 11.6 Å². The number of methoxy groups -OCH3 is 1. The number of hydrogen-bond acceptors (Lipinski definition) is 7. The van der Waals surface area contributed by atoms with Crippen molar-refractivity contribution < 1.29 is 33.8 Å². The minimum absolute atomic E-state index is 0.0103. The molecule has 1 N–H and O–H groups in total. The topological polar surface area (TPSA) is 107 Å². The van der Waals surface area contributed by atoms with E-state index in [1.165, 1.54) is 14.0 Å². The molecule has 3 saturated carbocycles. The highest BCUT2D eigenvalue weighted by Crippen LogP contribution is 2.76. The van der Waals surface area contributed by atoms with Crippen LogP contribution in [0.1, 0.15) is 74.1 Å². The first-order valence-corrected chi connectivity index (χ1v) is 12.8. The van der Waals surface area contributed by atoms with Crippen LogP contribution in [0, 0.1) is 44.8 Å². The lowest BCUT2D eigenvalue weighted by Gasteiger charge is -2.69. The fraction of sp³-hybridized carbons (Fsp3) is 0.786. The second-order valence-electron chi connectivity index (χ2n) is 12.5. The van der Waals surface area contributed by atoms with Crippen molar-refractivity contribution in [3.8, 4) is 0 Å². The maximum Gasteiger partial charge on any atom is 0.321 e. The second-order valence-corrected chi connectivity index (χ2v) is 12.5. The molecule has 4 rings (SSSR count). The number of carbonyl (C=O) groups is 4. The highest BCUT2D eigenvalue weighted by molar-refractivity contribution is 6.25. The van der Waals surface area contributed by atoms with Gasteiger partial charge < -0.3 is 14.6 Å². The summed E-state index contributed by atoms with van der Waals surface area (Å²) in [6, 6.07) is 0. The number of ketones is 2. The number of ether oxygens (including phenoxy) is 2. The summed E-state index contributed by atoms with van der Waals surface area (Å²) in [6.45, 7) is 12.6. The molecule has 0 aromatic rings. The van der Waals surface area contributed by atoms with Gasteiger partial charge in [-0.1, -0.05) is 32.4 Å². The van der Waals surface area contributed by atoms with Gasteiger partial charge in [0.1, 0.15) is 11.5 Å². The number of allylic oxidation sites excluding steroid dienone is 2. The van der Waals surface area contributed by atoms with E-state index < -0.39 is 39.0 Å². The minimum Gasteiger partial charge on any atom is -0.468 e. The molecule has 35 heavy (non-hydrogen) atoms. The molecule has 0 saturated heterocycles. The Bertz CT molecular complexity index is 1030. The Morgan fingerprint density at radius 2 is 1.71 bits per heavy atom. The highest BCUT2D eigenvalue weighted by atomic mass is 16.5. The Hall–Kier alpha value is -2.02. The largest absolute Gasteiger partial charge is 0.468 e. The van der Waals surface area contributed by atoms with Crippen LogP contribution >= 0.6 is 0 Å². The van der Waals surface area contributed by atoms with Gasteiger partial charge in [-0.2, -0.15) is 0 Å². The van der Waals surface area contributed by atoms with Gasteiger partial charge in [0.15, 0.2) is 11.6 Å². The summed E-state index contributed by atoms with van der Waals surface area (Å²) in [6.07, 6.45) is 4.11. The standard InChI is InChI=1S/C28H40O7/c1-15-13-19-25(6,28(23(33)34-8)22(32)16(2)21(31)26(15,28)7)11-9-18-24(4,5)20(35-17(3)30)10-12-27(18,19)14-29/h13,16,18-20,29H,9-12,14H2,1-8H3/t16?,18-,19-,20+,25+,26+,27+,28-/m1/s1. The maximum atomic E-state index is 14.1. The fourth-order valence-electron chi connectivity index (χ4n) is 9.40. The summed E-state index contributed by atoms with van der Waals surface area (Å²) in [5.41, 5.74) is -4.23. The Morgan fingerprint density at radius 1 is 1.09 bits per heavy atom. The van der Waals surface area contributed by atoms with Gasteiger partial charge in [-0.05, 0) is 63.7 Å². The van der Waals surface area contributed by atoms with Gasteiger partial charge in [-0.15, -0.1) is 0 Å². The van der Waals surface area contributed by atoms with Crippen molar-refractivity contribution in [2.45, 2.75) is 80.3 Å². The van der Waals surface area contributed by atoms with Crippen LogP contribution in [0.4, 0.5) is 0 Å². The molecule has 194 valence electrons. The van der Waals surface area contributed by atoms with Crippen LogP contribution in [0.15, 0.2) is 11.6 Å². The third kappa shape index (κ3) is 2.71. The van der Waals surface area contributed by atoms with Gasteiger partial charge in [0.05, 0.1) is 18.4 Å². The van der Waals surface area contributed by atoms with Crippen LogP contribution < -0.4 is 0 Å². The van der Waals surface area contributed by atoms with Crippen LogP contribution in [0.3, 0.4) is 0 Å².